The fraction of sp³-hybridized carbons (Fsp3) is 0.579. The average molecular weight is 342 g/mol. The molecule has 0 aromatic carbocycles. The number of piperidine rings is 1. The number of hydrogen-bond acceptors (Lipinski definition) is 4. The summed E-state index contributed by atoms with van der Waals surface area (Å²) in [4.78, 5) is 17.6. The van der Waals surface area contributed by atoms with Crippen LogP contribution in [0.2, 0.25) is 0 Å². The molecule has 0 radical (unpaired) electrons. The number of nitrogens with zero attached hydrogens (tertiary/aromatic N) is 4. The predicted octanol–water partition coefficient (Wildman–Crippen LogP) is 2.37. The highest BCUT2D eigenvalue weighted by Gasteiger charge is 2.38. The highest BCUT2D eigenvalue weighted by Crippen LogP contribution is 2.30. The number of amides is 1. The Bertz CT molecular complexity index is 759. The van der Waals surface area contributed by atoms with Crippen LogP contribution in [0.15, 0.2) is 22.9 Å². The summed E-state index contributed by atoms with van der Waals surface area (Å²) in [6.45, 7) is 7.68. The second-order valence-corrected chi connectivity index (χ2v) is 7.56. The SMILES string of the molecule is Cc1noc(C)c1CN1C[C@@H]2CC[C@H](C1)N(C(=O)c1cccn1C)C2. The average Bonchev–Trinajstić information content (AvgIpc) is 3.02. The van der Waals surface area contributed by atoms with Crippen LogP contribution in [0.1, 0.15) is 40.3 Å². The fourth-order valence-corrected chi connectivity index (χ4v) is 4.34. The van der Waals surface area contributed by atoms with E-state index in [9.17, 15) is 4.79 Å². The van der Waals surface area contributed by atoms with Crippen molar-refractivity contribution in [3.63, 3.8) is 0 Å². The van der Waals surface area contributed by atoms with Crippen molar-refractivity contribution in [2.75, 3.05) is 19.6 Å². The summed E-state index contributed by atoms with van der Waals surface area (Å²) in [6.07, 6.45) is 4.24. The van der Waals surface area contributed by atoms with E-state index in [1.54, 1.807) is 0 Å². The largest absolute Gasteiger partial charge is 0.361 e. The molecule has 1 amide bonds. The molecule has 3 aliphatic heterocycles. The van der Waals surface area contributed by atoms with E-state index in [-0.39, 0.29) is 5.91 Å². The minimum atomic E-state index is 0.168. The van der Waals surface area contributed by atoms with Gasteiger partial charge in [0.25, 0.3) is 5.91 Å². The molecule has 6 nitrogen and oxygen atoms in total. The minimum Gasteiger partial charge on any atom is -0.361 e. The Morgan fingerprint density at radius 2 is 2.12 bits per heavy atom. The summed E-state index contributed by atoms with van der Waals surface area (Å²) < 4.78 is 7.23. The maximum Gasteiger partial charge on any atom is 0.270 e. The summed E-state index contributed by atoms with van der Waals surface area (Å²) in [7, 11) is 1.94. The van der Waals surface area contributed by atoms with E-state index in [0.29, 0.717) is 12.0 Å². The van der Waals surface area contributed by atoms with Crippen LogP contribution in [-0.2, 0) is 13.6 Å². The Hall–Kier alpha value is -2.08. The van der Waals surface area contributed by atoms with Gasteiger partial charge in [0, 0.05) is 51.0 Å². The van der Waals surface area contributed by atoms with Crippen molar-refractivity contribution < 1.29 is 9.32 Å². The van der Waals surface area contributed by atoms with Crippen molar-refractivity contribution >= 4 is 5.91 Å². The second-order valence-electron chi connectivity index (χ2n) is 7.56. The topological polar surface area (TPSA) is 54.5 Å². The van der Waals surface area contributed by atoms with E-state index < -0.39 is 0 Å². The van der Waals surface area contributed by atoms with E-state index in [2.05, 4.69) is 15.0 Å². The van der Waals surface area contributed by atoms with Crippen molar-refractivity contribution in [1.82, 2.24) is 19.5 Å². The first-order valence-electron chi connectivity index (χ1n) is 9.09. The second kappa shape index (κ2) is 6.33. The van der Waals surface area contributed by atoms with Gasteiger partial charge >= 0.3 is 0 Å². The van der Waals surface area contributed by atoms with E-state index >= 15 is 0 Å². The first-order chi connectivity index (χ1) is 12.0. The van der Waals surface area contributed by atoms with Crippen LogP contribution in [0.4, 0.5) is 0 Å². The molecule has 3 aliphatic rings. The van der Waals surface area contributed by atoms with E-state index in [1.807, 2.05) is 43.8 Å². The first-order valence-corrected chi connectivity index (χ1v) is 9.09. The molecular formula is C19H26N4O2. The lowest BCUT2D eigenvalue weighted by Gasteiger charge is -2.36. The third kappa shape index (κ3) is 2.99. The van der Waals surface area contributed by atoms with Gasteiger partial charge in [-0.3, -0.25) is 9.69 Å². The van der Waals surface area contributed by atoms with Gasteiger partial charge < -0.3 is 14.0 Å². The molecule has 6 heteroatoms. The quantitative estimate of drug-likeness (QED) is 0.859. The Morgan fingerprint density at radius 3 is 2.80 bits per heavy atom. The third-order valence-corrected chi connectivity index (χ3v) is 5.78. The van der Waals surface area contributed by atoms with Crippen molar-refractivity contribution in [1.29, 1.82) is 0 Å². The predicted molar refractivity (Wildman–Crippen MR) is 94.2 cm³/mol. The number of aromatic nitrogens is 2. The molecule has 3 saturated heterocycles. The molecule has 0 saturated carbocycles. The number of carbonyl (C=O) groups excluding carboxylic acids is 1. The molecule has 0 spiro atoms. The first kappa shape index (κ1) is 16.4. The van der Waals surface area contributed by atoms with Gasteiger partial charge in [-0.1, -0.05) is 5.16 Å². The molecule has 25 heavy (non-hydrogen) atoms. The third-order valence-electron chi connectivity index (χ3n) is 5.78. The molecule has 2 aromatic heterocycles. The van der Waals surface area contributed by atoms with Gasteiger partial charge in [-0.15, -0.1) is 0 Å². The number of rotatable bonds is 3. The zero-order valence-corrected chi connectivity index (χ0v) is 15.2. The number of carbonyl (C=O) groups is 1. The number of hydrogen-bond donors (Lipinski definition) is 0. The van der Waals surface area contributed by atoms with Crippen LogP contribution < -0.4 is 0 Å². The molecule has 0 unspecified atom stereocenters. The Labute approximate surface area is 148 Å². The van der Waals surface area contributed by atoms with Crippen molar-refractivity contribution in [2.24, 2.45) is 13.0 Å². The zero-order valence-electron chi connectivity index (χ0n) is 15.2. The maximum atomic E-state index is 13.0. The van der Waals surface area contributed by atoms with Crippen molar-refractivity contribution in [3.05, 3.63) is 41.0 Å². The Kier molecular flexibility index (Phi) is 4.15. The van der Waals surface area contributed by atoms with E-state index in [1.165, 1.54) is 12.0 Å². The number of aryl methyl sites for hydroxylation is 3. The molecular weight excluding hydrogens is 316 g/mol. The van der Waals surface area contributed by atoms with Crippen LogP contribution in [0.25, 0.3) is 0 Å². The molecule has 2 aromatic rings. The van der Waals surface area contributed by atoms with E-state index in [4.69, 9.17) is 4.52 Å². The van der Waals surface area contributed by atoms with Gasteiger partial charge in [-0.2, -0.15) is 0 Å². The Morgan fingerprint density at radius 1 is 1.28 bits per heavy atom. The van der Waals surface area contributed by atoms with Crippen LogP contribution in [-0.4, -0.2) is 51.1 Å². The van der Waals surface area contributed by atoms with Crippen LogP contribution in [0.3, 0.4) is 0 Å². The van der Waals surface area contributed by atoms with Crippen molar-refractivity contribution in [2.45, 2.75) is 39.3 Å². The van der Waals surface area contributed by atoms with Gasteiger partial charge in [-0.25, -0.2) is 0 Å². The minimum absolute atomic E-state index is 0.168. The standard InChI is InChI=1S/C19H26N4O2/c1-13-17(14(2)25-20-13)12-22-9-15-6-7-16(11-22)23(10-15)19(24)18-5-4-8-21(18)3/h4-5,8,15-16H,6-7,9-12H2,1-3H3/t15-,16+/m0/s1. The van der Waals surface area contributed by atoms with Gasteiger partial charge in [0.05, 0.1) is 5.69 Å². The lowest BCUT2D eigenvalue weighted by Crippen LogP contribution is -2.47. The Balaban J connectivity index is 1.53. The normalized spacial score (nSPS) is 23.9. The van der Waals surface area contributed by atoms with Crippen molar-refractivity contribution in [3.8, 4) is 0 Å². The van der Waals surface area contributed by atoms with E-state index in [0.717, 1.165) is 49.7 Å². The van der Waals surface area contributed by atoms with Gasteiger partial charge in [-0.05, 0) is 44.7 Å². The van der Waals surface area contributed by atoms with Crippen LogP contribution in [0, 0.1) is 19.8 Å². The maximum absolute atomic E-state index is 13.0. The lowest BCUT2D eigenvalue weighted by molar-refractivity contribution is 0.0575. The highest BCUT2D eigenvalue weighted by atomic mass is 16.5. The van der Waals surface area contributed by atoms with Crippen LogP contribution >= 0.6 is 0 Å². The van der Waals surface area contributed by atoms with Crippen LogP contribution in [0.5, 0.6) is 0 Å². The van der Waals surface area contributed by atoms with Gasteiger partial charge in [0.1, 0.15) is 11.5 Å². The summed E-state index contributed by atoms with van der Waals surface area (Å²) in [5.41, 5.74) is 2.96. The molecule has 0 aliphatic carbocycles. The monoisotopic (exact) mass is 342 g/mol. The fourth-order valence-electron chi connectivity index (χ4n) is 4.34. The summed E-state index contributed by atoms with van der Waals surface area (Å²) in [6, 6.07) is 4.15. The molecule has 2 bridgehead atoms. The van der Waals surface area contributed by atoms with Gasteiger partial charge in [0.2, 0.25) is 0 Å². The highest BCUT2D eigenvalue weighted by molar-refractivity contribution is 5.93. The summed E-state index contributed by atoms with van der Waals surface area (Å²) >= 11 is 0. The molecule has 134 valence electrons. The number of fused-ring (bicyclic) bond motifs is 4. The zero-order chi connectivity index (χ0) is 17.6. The summed E-state index contributed by atoms with van der Waals surface area (Å²) in [5.74, 6) is 1.62. The van der Waals surface area contributed by atoms with Gasteiger partial charge in [0.15, 0.2) is 0 Å². The molecule has 0 N–H and O–H groups in total. The molecule has 5 rings (SSSR count). The molecule has 3 fully saturated rings. The lowest BCUT2D eigenvalue weighted by atomic mass is 9.94. The molecule has 5 heterocycles. The summed E-state index contributed by atoms with van der Waals surface area (Å²) in [5, 5.41) is 4.08. The smallest absolute Gasteiger partial charge is 0.270 e. The molecule has 2 atom stereocenters.